The first-order valence-electron chi connectivity index (χ1n) is 6.69. The number of benzene rings is 3. The zero-order valence-corrected chi connectivity index (χ0v) is 13.4. The van der Waals surface area contributed by atoms with Gasteiger partial charge in [-0.3, -0.25) is 4.79 Å². The Balaban J connectivity index is 1.83. The maximum absolute atomic E-state index is 12.1. The van der Waals surface area contributed by atoms with Crippen LogP contribution in [0.15, 0.2) is 72.8 Å². The highest BCUT2D eigenvalue weighted by atomic mass is 127. The number of fused-ring (bicyclic) bond motifs is 1. The highest BCUT2D eigenvalue weighted by molar-refractivity contribution is 14.1. The standard InChI is InChI=1S/C19H13IO/c20-18-10-8-16(9-11-18)19(21)12-6-14-5-7-15-3-1-2-4-17(15)13-14/h1-13H/b12-6+. The van der Waals surface area contributed by atoms with Gasteiger partial charge in [-0.2, -0.15) is 0 Å². The Labute approximate surface area is 137 Å². The normalized spacial score (nSPS) is 11.1. The van der Waals surface area contributed by atoms with E-state index < -0.39 is 0 Å². The minimum Gasteiger partial charge on any atom is -0.289 e. The van der Waals surface area contributed by atoms with Gasteiger partial charge in [0, 0.05) is 9.13 Å². The first-order valence-corrected chi connectivity index (χ1v) is 7.77. The lowest BCUT2D eigenvalue weighted by molar-refractivity contribution is 0.104. The summed E-state index contributed by atoms with van der Waals surface area (Å²) in [5.74, 6) is 0.0274. The Morgan fingerprint density at radius 2 is 1.57 bits per heavy atom. The summed E-state index contributed by atoms with van der Waals surface area (Å²) in [6.07, 6.45) is 3.50. The molecular weight excluding hydrogens is 371 g/mol. The maximum Gasteiger partial charge on any atom is 0.185 e. The van der Waals surface area contributed by atoms with Crippen LogP contribution in [0.2, 0.25) is 0 Å². The van der Waals surface area contributed by atoms with Crippen LogP contribution in [0.5, 0.6) is 0 Å². The van der Waals surface area contributed by atoms with Gasteiger partial charge < -0.3 is 0 Å². The molecule has 0 aliphatic heterocycles. The SMILES string of the molecule is O=C(/C=C/c1ccc2ccccc2c1)c1ccc(I)cc1. The second-order valence-corrected chi connectivity index (χ2v) is 6.06. The molecule has 21 heavy (non-hydrogen) atoms. The van der Waals surface area contributed by atoms with Crippen molar-refractivity contribution in [3.63, 3.8) is 0 Å². The van der Waals surface area contributed by atoms with Crippen molar-refractivity contribution in [1.82, 2.24) is 0 Å². The van der Waals surface area contributed by atoms with Gasteiger partial charge in [0.1, 0.15) is 0 Å². The summed E-state index contributed by atoms with van der Waals surface area (Å²) in [7, 11) is 0. The van der Waals surface area contributed by atoms with Crippen molar-refractivity contribution in [2.75, 3.05) is 0 Å². The highest BCUT2D eigenvalue weighted by Gasteiger charge is 2.01. The Kier molecular flexibility index (Phi) is 4.15. The molecule has 0 unspecified atom stereocenters. The van der Waals surface area contributed by atoms with Crippen LogP contribution in [0.25, 0.3) is 16.8 Å². The van der Waals surface area contributed by atoms with Crippen LogP contribution in [0.4, 0.5) is 0 Å². The molecule has 0 atom stereocenters. The number of carbonyl (C=O) groups is 1. The van der Waals surface area contributed by atoms with Gasteiger partial charge in [-0.1, -0.05) is 54.6 Å². The van der Waals surface area contributed by atoms with Crippen molar-refractivity contribution in [2.45, 2.75) is 0 Å². The first kappa shape index (κ1) is 14.0. The van der Waals surface area contributed by atoms with E-state index in [-0.39, 0.29) is 5.78 Å². The molecule has 3 aromatic carbocycles. The molecule has 0 bridgehead atoms. The molecule has 0 fully saturated rings. The van der Waals surface area contributed by atoms with Crippen LogP contribution in [0, 0.1) is 3.57 Å². The molecule has 0 aromatic heterocycles. The number of ketones is 1. The van der Waals surface area contributed by atoms with E-state index in [4.69, 9.17) is 0 Å². The van der Waals surface area contributed by atoms with E-state index in [1.807, 2.05) is 48.5 Å². The topological polar surface area (TPSA) is 17.1 Å². The van der Waals surface area contributed by atoms with E-state index in [0.29, 0.717) is 5.56 Å². The van der Waals surface area contributed by atoms with Gasteiger partial charge in [-0.05, 0) is 63.2 Å². The first-order chi connectivity index (χ1) is 10.2. The lowest BCUT2D eigenvalue weighted by Gasteiger charge is -1.99. The van der Waals surface area contributed by atoms with Crippen LogP contribution >= 0.6 is 22.6 Å². The molecule has 0 heterocycles. The largest absolute Gasteiger partial charge is 0.289 e. The van der Waals surface area contributed by atoms with Gasteiger partial charge in [-0.25, -0.2) is 0 Å². The smallest absolute Gasteiger partial charge is 0.185 e. The average molecular weight is 384 g/mol. The number of hydrogen-bond acceptors (Lipinski definition) is 1. The van der Waals surface area contributed by atoms with Crippen molar-refractivity contribution < 1.29 is 4.79 Å². The monoisotopic (exact) mass is 384 g/mol. The van der Waals surface area contributed by atoms with Crippen molar-refractivity contribution in [3.8, 4) is 0 Å². The summed E-state index contributed by atoms with van der Waals surface area (Å²) in [6.45, 7) is 0. The molecule has 0 aliphatic carbocycles. The van der Waals surface area contributed by atoms with E-state index in [0.717, 1.165) is 9.13 Å². The molecule has 2 heteroatoms. The molecule has 102 valence electrons. The number of carbonyl (C=O) groups excluding carboxylic acids is 1. The summed E-state index contributed by atoms with van der Waals surface area (Å²) in [5.41, 5.74) is 1.75. The molecule has 0 radical (unpaired) electrons. The Morgan fingerprint density at radius 3 is 2.33 bits per heavy atom. The molecule has 0 amide bonds. The Hall–Kier alpha value is -1.94. The van der Waals surface area contributed by atoms with Crippen LogP contribution in [0.1, 0.15) is 15.9 Å². The molecule has 0 aliphatic rings. The summed E-state index contributed by atoms with van der Waals surface area (Å²) in [4.78, 5) is 12.1. The zero-order valence-electron chi connectivity index (χ0n) is 11.3. The third kappa shape index (κ3) is 3.39. The van der Waals surface area contributed by atoms with E-state index in [2.05, 4.69) is 46.9 Å². The molecule has 1 nitrogen and oxygen atoms in total. The second-order valence-electron chi connectivity index (χ2n) is 4.81. The van der Waals surface area contributed by atoms with Crippen molar-refractivity contribution >= 4 is 45.2 Å². The number of allylic oxidation sites excluding steroid dienone is 1. The fraction of sp³-hybridized carbons (Fsp3) is 0. The number of halogens is 1. The lowest BCUT2D eigenvalue weighted by Crippen LogP contribution is -1.93. The molecule has 0 N–H and O–H groups in total. The van der Waals surface area contributed by atoms with Gasteiger partial charge in [0.15, 0.2) is 5.78 Å². The van der Waals surface area contributed by atoms with Crippen molar-refractivity contribution in [3.05, 3.63) is 87.5 Å². The van der Waals surface area contributed by atoms with E-state index in [9.17, 15) is 4.79 Å². The Bertz CT molecular complexity index is 816. The number of hydrogen-bond donors (Lipinski definition) is 0. The molecule has 0 spiro atoms. The van der Waals surface area contributed by atoms with Crippen molar-refractivity contribution in [1.29, 1.82) is 0 Å². The molecule has 3 aromatic rings. The van der Waals surface area contributed by atoms with E-state index >= 15 is 0 Å². The van der Waals surface area contributed by atoms with Gasteiger partial charge in [-0.15, -0.1) is 0 Å². The van der Waals surface area contributed by atoms with Gasteiger partial charge in [0.25, 0.3) is 0 Å². The van der Waals surface area contributed by atoms with Gasteiger partial charge in [0.05, 0.1) is 0 Å². The second kappa shape index (κ2) is 6.22. The third-order valence-corrected chi connectivity index (χ3v) is 4.05. The maximum atomic E-state index is 12.1. The van der Waals surface area contributed by atoms with Crippen molar-refractivity contribution in [2.24, 2.45) is 0 Å². The fourth-order valence-corrected chi connectivity index (χ4v) is 2.55. The third-order valence-electron chi connectivity index (χ3n) is 3.33. The molecular formula is C19H13IO. The fourth-order valence-electron chi connectivity index (χ4n) is 2.19. The molecule has 0 saturated heterocycles. The lowest BCUT2D eigenvalue weighted by atomic mass is 10.1. The summed E-state index contributed by atoms with van der Waals surface area (Å²) in [6, 6.07) is 22.0. The predicted octanol–water partition coefficient (Wildman–Crippen LogP) is 5.34. The minimum atomic E-state index is 0.0274. The summed E-state index contributed by atoms with van der Waals surface area (Å²) in [5, 5.41) is 2.39. The summed E-state index contributed by atoms with van der Waals surface area (Å²) < 4.78 is 1.13. The molecule has 0 saturated carbocycles. The predicted molar refractivity (Wildman–Crippen MR) is 96.5 cm³/mol. The summed E-state index contributed by atoms with van der Waals surface area (Å²) >= 11 is 2.23. The van der Waals surface area contributed by atoms with Crippen LogP contribution < -0.4 is 0 Å². The van der Waals surface area contributed by atoms with Crippen LogP contribution in [-0.2, 0) is 0 Å². The van der Waals surface area contributed by atoms with E-state index in [1.54, 1.807) is 6.08 Å². The van der Waals surface area contributed by atoms with Gasteiger partial charge >= 0.3 is 0 Å². The Morgan fingerprint density at radius 1 is 0.857 bits per heavy atom. The highest BCUT2D eigenvalue weighted by Crippen LogP contribution is 2.17. The van der Waals surface area contributed by atoms with E-state index in [1.165, 1.54) is 10.8 Å². The minimum absolute atomic E-state index is 0.0274. The quantitative estimate of drug-likeness (QED) is 0.339. The van der Waals surface area contributed by atoms with Crippen LogP contribution in [-0.4, -0.2) is 5.78 Å². The molecule has 3 rings (SSSR count). The zero-order chi connectivity index (χ0) is 14.7. The average Bonchev–Trinajstić information content (AvgIpc) is 2.53. The number of rotatable bonds is 3. The van der Waals surface area contributed by atoms with Gasteiger partial charge in [0.2, 0.25) is 0 Å². The van der Waals surface area contributed by atoms with Crippen LogP contribution in [0.3, 0.4) is 0 Å².